The molecule has 0 saturated carbocycles. The number of hydrogen-bond acceptors (Lipinski definition) is 4. The molecule has 0 aliphatic carbocycles. The highest BCUT2D eigenvalue weighted by molar-refractivity contribution is 6.11. The van der Waals surface area contributed by atoms with Crippen molar-refractivity contribution in [1.82, 2.24) is 0 Å². The predicted molar refractivity (Wildman–Crippen MR) is 57.1 cm³/mol. The minimum absolute atomic E-state index is 0.0912. The van der Waals surface area contributed by atoms with Crippen LogP contribution in [0, 0.1) is 0 Å². The van der Waals surface area contributed by atoms with Crippen LogP contribution in [0.5, 0.6) is 0 Å². The lowest BCUT2D eigenvalue weighted by Gasteiger charge is -2.18. The van der Waals surface area contributed by atoms with Gasteiger partial charge in [0, 0.05) is 0 Å². The van der Waals surface area contributed by atoms with Gasteiger partial charge in [0.1, 0.15) is 20.1 Å². The standard InChI is InChI=1S/C11H11BO4/c12-10-9(8(13)6-15-10)16-11(14)7-4-2-1-3-5-7/h1-5,8-10,13H,6H2/t8-,9+,10+/m0/s1. The molecule has 1 aromatic rings. The van der Waals surface area contributed by atoms with Gasteiger partial charge in [0.2, 0.25) is 0 Å². The molecule has 4 nitrogen and oxygen atoms in total. The molecule has 0 aromatic heterocycles. The van der Waals surface area contributed by atoms with Crippen LogP contribution < -0.4 is 0 Å². The fraction of sp³-hybridized carbons (Fsp3) is 0.364. The molecule has 16 heavy (non-hydrogen) atoms. The summed E-state index contributed by atoms with van der Waals surface area (Å²) in [6, 6.07) is 7.78. The number of esters is 1. The molecule has 1 aliphatic rings. The van der Waals surface area contributed by atoms with E-state index in [1.807, 2.05) is 0 Å². The maximum absolute atomic E-state index is 11.6. The van der Waals surface area contributed by atoms with Gasteiger partial charge in [-0.2, -0.15) is 0 Å². The summed E-state index contributed by atoms with van der Waals surface area (Å²) in [7, 11) is 5.54. The summed E-state index contributed by atoms with van der Waals surface area (Å²) >= 11 is 0. The average molecular weight is 218 g/mol. The molecule has 2 radical (unpaired) electrons. The van der Waals surface area contributed by atoms with Crippen molar-refractivity contribution in [2.24, 2.45) is 0 Å². The van der Waals surface area contributed by atoms with Crippen LogP contribution in [0.3, 0.4) is 0 Å². The lowest BCUT2D eigenvalue weighted by molar-refractivity contribution is -0.00384. The Hall–Kier alpha value is -1.33. The highest BCUT2D eigenvalue weighted by Crippen LogP contribution is 2.17. The normalized spacial score (nSPS) is 28.9. The lowest BCUT2D eigenvalue weighted by atomic mass is 9.93. The topological polar surface area (TPSA) is 55.8 Å². The SMILES string of the molecule is [B][C@@H]1OC[C@H](O)[C@H]1OC(=O)c1ccccc1. The zero-order chi connectivity index (χ0) is 11.5. The smallest absolute Gasteiger partial charge is 0.338 e. The van der Waals surface area contributed by atoms with Gasteiger partial charge in [0.05, 0.1) is 18.2 Å². The fourth-order valence-electron chi connectivity index (χ4n) is 1.53. The number of aliphatic hydroxyl groups excluding tert-OH is 1. The van der Waals surface area contributed by atoms with Crippen molar-refractivity contribution in [2.75, 3.05) is 6.61 Å². The first-order valence-electron chi connectivity index (χ1n) is 5.00. The zero-order valence-electron chi connectivity index (χ0n) is 8.58. The van der Waals surface area contributed by atoms with Crippen molar-refractivity contribution >= 4 is 13.8 Å². The summed E-state index contributed by atoms with van der Waals surface area (Å²) < 4.78 is 10.0. The Kier molecular flexibility index (Phi) is 3.26. The van der Waals surface area contributed by atoms with Crippen molar-refractivity contribution in [2.45, 2.75) is 18.2 Å². The Balaban J connectivity index is 2.02. The number of ether oxygens (including phenoxy) is 2. The van der Waals surface area contributed by atoms with Gasteiger partial charge in [-0.1, -0.05) is 18.2 Å². The third-order valence-electron chi connectivity index (χ3n) is 2.42. The number of carbonyl (C=O) groups excluding carboxylic acids is 1. The van der Waals surface area contributed by atoms with E-state index in [2.05, 4.69) is 0 Å². The molecule has 1 N–H and O–H groups in total. The minimum Gasteiger partial charge on any atom is -0.454 e. The van der Waals surface area contributed by atoms with E-state index in [1.54, 1.807) is 30.3 Å². The van der Waals surface area contributed by atoms with E-state index in [0.717, 1.165) is 0 Å². The van der Waals surface area contributed by atoms with E-state index >= 15 is 0 Å². The average Bonchev–Trinajstić information content (AvgIpc) is 2.62. The first-order valence-corrected chi connectivity index (χ1v) is 5.00. The Morgan fingerprint density at radius 2 is 2.12 bits per heavy atom. The second-order valence-electron chi connectivity index (χ2n) is 3.60. The van der Waals surface area contributed by atoms with Gasteiger partial charge < -0.3 is 14.6 Å². The highest BCUT2D eigenvalue weighted by Gasteiger charge is 2.35. The second-order valence-corrected chi connectivity index (χ2v) is 3.60. The van der Waals surface area contributed by atoms with Gasteiger partial charge in [0.15, 0.2) is 0 Å². The van der Waals surface area contributed by atoms with Crippen LogP contribution in [0.1, 0.15) is 10.4 Å². The lowest BCUT2D eigenvalue weighted by Crippen LogP contribution is -2.35. The molecule has 1 aromatic carbocycles. The first kappa shape index (κ1) is 11.2. The summed E-state index contributed by atoms with van der Waals surface area (Å²) in [6.45, 7) is 0.0912. The van der Waals surface area contributed by atoms with E-state index in [4.69, 9.17) is 17.3 Å². The van der Waals surface area contributed by atoms with Crippen LogP contribution in [0.4, 0.5) is 0 Å². The van der Waals surface area contributed by atoms with E-state index in [0.29, 0.717) is 5.56 Å². The molecule has 1 fully saturated rings. The molecule has 5 heteroatoms. The van der Waals surface area contributed by atoms with E-state index in [9.17, 15) is 9.90 Å². The quantitative estimate of drug-likeness (QED) is 0.564. The monoisotopic (exact) mass is 218 g/mol. The molecular formula is C11H11BO4. The fourth-order valence-corrected chi connectivity index (χ4v) is 1.53. The number of benzene rings is 1. The Bertz CT molecular complexity index is 358. The summed E-state index contributed by atoms with van der Waals surface area (Å²) in [4.78, 5) is 11.6. The number of carbonyl (C=O) groups is 1. The maximum Gasteiger partial charge on any atom is 0.338 e. The summed E-state index contributed by atoms with van der Waals surface area (Å²) in [5.74, 6) is -0.509. The largest absolute Gasteiger partial charge is 0.454 e. The van der Waals surface area contributed by atoms with Gasteiger partial charge in [-0.15, -0.1) is 0 Å². The zero-order valence-corrected chi connectivity index (χ0v) is 8.58. The van der Waals surface area contributed by atoms with Gasteiger partial charge in [-0.25, -0.2) is 4.79 Å². The van der Waals surface area contributed by atoms with Crippen LogP contribution in [-0.4, -0.2) is 43.7 Å². The van der Waals surface area contributed by atoms with Crippen LogP contribution in [-0.2, 0) is 9.47 Å². The molecule has 0 unspecified atom stereocenters. The Morgan fingerprint density at radius 1 is 1.44 bits per heavy atom. The molecule has 82 valence electrons. The van der Waals surface area contributed by atoms with E-state index < -0.39 is 24.2 Å². The molecule has 0 bridgehead atoms. The van der Waals surface area contributed by atoms with Gasteiger partial charge in [0.25, 0.3) is 0 Å². The van der Waals surface area contributed by atoms with E-state index in [1.165, 1.54) is 0 Å². The molecule has 1 saturated heterocycles. The molecule has 0 amide bonds. The third-order valence-corrected chi connectivity index (χ3v) is 2.42. The maximum atomic E-state index is 11.6. The van der Waals surface area contributed by atoms with Crippen LogP contribution in [0.2, 0.25) is 0 Å². The van der Waals surface area contributed by atoms with Crippen LogP contribution in [0.15, 0.2) is 30.3 Å². The molecule has 1 aliphatic heterocycles. The van der Waals surface area contributed by atoms with Crippen molar-refractivity contribution in [3.63, 3.8) is 0 Å². The van der Waals surface area contributed by atoms with Crippen molar-refractivity contribution in [1.29, 1.82) is 0 Å². The third kappa shape index (κ3) is 2.26. The molecular weight excluding hydrogens is 207 g/mol. The number of rotatable bonds is 2. The summed E-state index contributed by atoms with van der Waals surface area (Å²) in [5.41, 5.74) is 0.425. The first-order chi connectivity index (χ1) is 7.68. The molecule has 2 rings (SSSR count). The van der Waals surface area contributed by atoms with Crippen LogP contribution >= 0.6 is 0 Å². The second kappa shape index (κ2) is 4.68. The van der Waals surface area contributed by atoms with Gasteiger partial charge in [-0.05, 0) is 12.1 Å². The summed E-state index contributed by atoms with van der Waals surface area (Å²) in [5, 5.41) is 9.47. The molecule has 3 atom stereocenters. The Morgan fingerprint density at radius 3 is 2.69 bits per heavy atom. The van der Waals surface area contributed by atoms with Crippen molar-refractivity contribution in [3.8, 4) is 0 Å². The van der Waals surface area contributed by atoms with E-state index in [-0.39, 0.29) is 6.61 Å². The van der Waals surface area contributed by atoms with Crippen LogP contribution in [0.25, 0.3) is 0 Å². The van der Waals surface area contributed by atoms with Gasteiger partial charge >= 0.3 is 5.97 Å². The van der Waals surface area contributed by atoms with Crippen molar-refractivity contribution in [3.05, 3.63) is 35.9 Å². The van der Waals surface area contributed by atoms with Gasteiger partial charge in [-0.3, -0.25) is 0 Å². The molecule has 0 spiro atoms. The highest BCUT2D eigenvalue weighted by atomic mass is 16.6. The summed E-state index contributed by atoms with van der Waals surface area (Å²) in [6.07, 6.45) is -1.66. The number of aliphatic hydroxyl groups is 1. The Labute approximate surface area is 94.6 Å². The minimum atomic E-state index is -0.859. The molecule has 1 heterocycles. The predicted octanol–water partition coefficient (Wildman–Crippen LogP) is 0.0977. The number of hydrogen-bond donors (Lipinski definition) is 1. The van der Waals surface area contributed by atoms with Crippen molar-refractivity contribution < 1.29 is 19.4 Å².